The highest BCUT2D eigenvalue weighted by Crippen LogP contribution is 2.52. The first kappa shape index (κ1) is 15.1. The SMILES string of the molecule is Cc1ccc([C@@H](C)NC(=O)[C@H]2[C@@H]3CC[C@@H](C3)[C@@H]2C(=O)O)cc1. The van der Waals surface area contributed by atoms with Gasteiger partial charge in [-0.3, -0.25) is 9.59 Å². The van der Waals surface area contributed by atoms with Gasteiger partial charge in [0, 0.05) is 0 Å². The Hall–Kier alpha value is -1.84. The number of aryl methyl sites for hydroxylation is 1. The van der Waals surface area contributed by atoms with Gasteiger partial charge >= 0.3 is 5.97 Å². The van der Waals surface area contributed by atoms with Crippen LogP contribution in [0.3, 0.4) is 0 Å². The van der Waals surface area contributed by atoms with Gasteiger partial charge in [-0.2, -0.15) is 0 Å². The van der Waals surface area contributed by atoms with Gasteiger partial charge in [0.2, 0.25) is 5.91 Å². The van der Waals surface area contributed by atoms with E-state index >= 15 is 0 Å². The zero-order valence-electron chi connectivity index (χ0n) is 13.1. The summed E-state index contributed by atoms with van der Waals surface area (Å²) in [5.41, 5.74) is 2.23. The van der Waals surface area contributed by atoms with Gasteiger partial charge in [0.15, 0.2) is 0 Å². The Bertz CT molecular complexity index is 580. The summed E-state index contributed by atoms with van der Waals surface area (Å²) < 4.78 is 0. The summed E-state index contributed by atoms with van der Waals surface area (Å²) in [6.45, 7) is 3.98. The van der Waals surface area contributed by atoms with Gasteiger partial charge < -0.3 is 10.4 Å². The number of carbonyl (C=O) groups excluding carboxylic acids is 1. The summed E-state index contributed by atoms with van der Waals surface area (Å²) in [6.07, 6.45) is 2.85. The first-order chi connectivity index (χ1) is 10.5. The van der Waals surface area contributed by atoms with Crippen molar-refractivity contribution >= 4 is 11.9 Å². The maximum Gasteiger partial charge on any atom is 0.307 e. The quantitative estimate of drug-likeness (QED) is 0.898. The van der Waals surface area contributed by atoms with Crippen LogP contribution in [0.4, 0.5) is 0 Å². The Morgan fingerprint density at radius 1 is 1.14 bits per heavy atom. The predicted octanol–water partition coefficient (Wildman–Crippen LogP) is 2.92. The Morgan fingerprint density at radius 2 is 1.73 bits per heavy atom. The van der Waals surface area contributed by atoms with Crippen molar-refractivity contribution < 1.29 is 14.7 Å². The highest BCUT2D eigenvalue weighted by atomic mass is 16.4. The second kappa shape index (κ2) is 5.75. The number of fused-ring (bicyclic) bond motifs is 2. The first-order valence-electron chi connectivity index (χ1n) is 8.07. The third kappa shape index (κ3) is 2.62. The number of carbonyl (C=O) groups is 2. The van der Waals surface area contributed by atoms with E-state index in [4.69, 9.17) is 0 Å². The molecule has 1 aromatic carbocycles. The molecule has 0 saturated heterocycles. The average molecular weight is 301 g/mol. The third-order valence-electron chi connectivity index (χ3n) is 5.44. The molecule has 0 heterocycles. The van der Waals surface area contributed by atoms with Crippen molar-refractivity contribution in [2.45, 2.75) is 39.2 Å². The molecule has 0 unspecified atom stereocenters. The van der Waals surface area contributed by atoms with E-state index in [0.717, 1.165) is 24.8 Å². The summed E-state index contributed by atoms with van der Waals surface area (Å²) in [5.74, 6) is -1.32. The molecule has 4 heteroatoms. The fourth-order valence-corrected chi connectivity index (χ4v) is 4.27. The smallest absolute Gasteiger partial charge is 0.307 e. The molecule has 1 amide bonds. The molecule has 2 saturated carbocycles. The molecule has 2 aliphatic carbocycles. The summed E-state index contributed by atoms with van der Waals surface area (Å²) in [5, 5.41) is 12.5. The van der Waals surface area contributed by atoms with Crippen LogP contribution in [0.5, 0.6) is 0 Å². The summed E-state index contributed by atoms with van der Waals surface area (Å²) >= 11 is 0. The lowest BCUT2D eigenvalue weighted by molar-refractivity contribution is -0.149. The van der Waals surface area contributed by atoms with E-state index in [-0.39, 0.29) is 29.7 Å². The van der Waals surface area contributed by atoms with E-state index in [0.29, 0.717) is 0 Å². The Balaban J connectivity index is 1.71. The van der Waals surface area contributed by atoms with E-state index in [2.05, 4.69) is 5.32 Å². The van der Waals surface area contributed by atoms with E-state index < -0.39 is 11.9 Å². The molecule has 22 heavy (non-hydrogen) atoms. The number of hydrogen-bond acceptors (Lipinski definition) is 2. The molecular weight excluding hydrogens is 278 g/mol. The van der Waals surface area contributed by atoms with E-state index in [9.17, 15) is 14.7 Å². The summed E-state index contributed by atoms with van der Waals surface area (Å²) in [4.78, 5) is 24.1. The Kier molecular flexibility index (Phi) is 3.94. The highest BCUT2D eigenvalue weighted by Gasteiger charge is 2.54. The van der Waals surface area contributed by atoms with Crippen LogP contribution < -0.4 is 5.32 Å². The van der Waals surface area contributed by atoms with Crippen molar-refractivity contribution in [1.29, 1.82) is 0 Å². The van der Waals surface area contributed by atoms with E-state index in [1.807, 2.05) is 38.1 Å². The minimum Gasteiger partial charge on any atom is -0.481 e. The monoisotopic (exact) mass is 301 g/mol. The van der Waals surface area contributed by atoms with Crippen LogP contribution in [0, 0.1) is 30.6 Å². The zero-order chi connectivity index (χ0) is 15.9. The molecule has 2 fully saturated rings. The van der Waals surface area contributed by atoms with Gasteiger partial charge in [0.05, 0.1) is 17.9 Å². The molecule has 2 N–H and O–H groups in total. The lowest BCUT2D eigenvalue weighted by Crippen LogP contribution is -2.42. The van der Waals surface area contributed by atoms with Crippen LogP contribution in [-0.4, -0.2) is 17.0 Å². The molecule has 0 aromatic heterocycles. The van der Waals surface area contributed by atoms with Crippen LogP contribution in [0.1, 0.15) is 43.4 Å². The number of hydrogen-bond donors (Lipinski definition) is 2. The van der Waals surface area contributed by atoms with Crippen LogP contribution in [-0.2, 0) is 9.59 Å². The van der Waals surface area contributed by atoms with Gasteiger partial charge in [-0.1, -0.05) is 29.8 Å². The fraction of sp³-hybridized carbons (Fsp3) is 0.556. The molecule has 0 aliphatic heterocycles. The predicted molar refractivity (Wildman–Crippen MR) is 83.2 cm³/mol. The standard InChI is InChI=1S/C18H23NO3/c1-10-3-5-12(6-4-10)11(2)19-17(20)15-13-7-8-14(9-13)16(15)18(21)22/h3-6,11,13-16H,7-9H2,1-2H3,(H,19,20)(H,21,22)/t11-,13-,14+,15+,16+/m1/s1. The number of carboxylic acid groups (broad SMARTS) is 1. The second-order valence-electron chi connectivity index (χ2n) is 6.86. The number of nitrogens with one attached hydrogen (secondary N) is 1. The van der Waals surface area contributed by atoms with Gasteiger partial charge in [-0.25, -0.2) is 0 Å². The molecule has 5 atom stereocenters. The molecule has 118 valence electrons. The number of rotatable bonds is 4. The number of aliphatic carboxylic acids is 1. The van der Waals surface area contributed by atoms with E-state index in [1.54, 1.807) is 0 Å². The zero-order valence-corrected chi connectivity index (χ0v) is 13.1. The minimum atomic E-state index is -0.810. The van der Waals surface area contributed by atoms with Crippen LogP contribution >= 0.6 is 0 Å². The van der Waals surface area contributed by atoms with Crippen LogP contribution in [0.15, 0.2) is 24.3 Å². The van der Waals surface area contributed by atoms with Crippen molar-refractivity contribution in [3.63, 3.8) is 0 Å². The van der Waals surface area contributed by atoms with E-state index in [1.165, 1.54) is 5.56 Å². The molecule has 0 radical (unpaired) electrons. The second-order valence-corrected chi connectivity index (χ2v) is 6.86. The van der Waals surface area contributed by atoms with Crippen LogP contribution in [0.25, 0.3) is 0 Å². The topological polar surface area (TPSA) is 66.4 Å². The van der Waals surface area contributed by atoms with Gasteiger partial charge in [-0.15, -0.1) is 0 Å². The van der Waals surface area contributed by atoms with Crippen LogP contribution in [0.2, 0.25) is 0 Å². The Morgan fingerprint density at radius 3 is 2.32 bits per heavy atom. The Labute approximate surface area is 130 Å². The number of benzene rings is 1. The van der Waals surface area contributed by atoms with Gasteiger partial charge in [-0.05, 0) is 50.5 Å². The van der Waals surface area contributed by atoms with Gasteiger partial charge in [0.25, 0.3) is 0 Å². The largest absolute Gasteiger partial charge is 0.481 e. The molecule has 4 nitrogen and oxygen atoms in total. The van der Waals surface area contributed by atoms with Crippen molar-refractivity contribution in [2.24, 2.45) is 23.7 Å². The first-order valence-corrected chi connectivity index (χ1v) is 8.07. The van der Waals surface area contributed by atoms with Crippen molar-refractivity contribution in [3.8, 4) is 0 Å². The minimum absolute atomic E-state index is 0.0901. The highest BCUT2D eigenvalue weighted by molar-refractivity contribution is 5.86. The van der Waals surface area contributed by atoms with Crippen molar-refractivity contribution in [1.82, 2.24) is 5.32 Å². The van der Waals surface area contributed by atoms with Crippen molar-refractivity contribution in [2.75, 3.05) is 0 Å². The molecule has 0 spiro atoms. The normalized spacial score (nSPS) is 31.0. The fourth-order valence-electron chi connectivity index (χ4n) is 4.27. The lowest BCUT2D eigenvalue weighted by Gasteiger charge is -2.28. The third-order valence-corrected chi connectivity index (χ3v) is 5.44. The average Bonchev–Trinajstić information content (AvgIpc) is 3.08. The molecule has 2 bridgehead atoms. The molecular formula is C18H23NO3. The molecule has 1 aromatic rings. The maximum absolute atomic E-state index is 12.6. The summed E-state index contributed by atoms with van der Waals surface area (Å²) in [6, 6.07) is 7.97. The molecule has 3 rings (SSSR count). The van der Waals surface area contributed by atoms with Crippen molar-refractivity contribution in [3.05, 3.63) is 35.4 Å². The number of amides is 1. The number of carboxylic acids is 1. The molecule has 2 aliphatic rings. The van der Waals surface area contributed by atoms with Gasteiger partial charge in [0.1, 0.15) is 0 Å². The summed E-state index contributed by atoms with van der Waals surface area (Å²) in [7, 11) is 0. The lowest BCUT2D eigenvalue weighted by atomic mass is 9.78. The maximum atomic E-state index is 12.6.